The molecule has 1 aliphatic carbocycles. The van der Waals surface area contributed by atoms with Gasteiger partial charge in [-0.3, -0.25) is 4.79 Å². The molecule has 0 saturated heterocycles. The number of hydrogen-bond donors (Lipinski definition) is 2. The number of aryl methyl sites for hydroxylation is 1. The van der Waals surface area contributed by atoms with Crippen LogP contribution in [0.4, 0.5) is 0 Å². The molecule has 0 aromatic heterocycles. The Hall–Kier alpha value is -2.15. The first-order chi connectivity index (χ1) is 11.8. The highest BCUT2D eigenvalue weighted by molar-refractivity contribution is 7.89. The lowest BCUT2D eigenvalue weighted by Crippen LogP contribution is -2.27. The van der Waals surface area contributed by atoms with E-state index in [-0.39, 0.29) is 11.3 Å². The van der Waals surface area contributed by atoms with E-state index in [4.69, 9.17) is 16.7 Å². The molecule has 5 nitrogen and oxygen atoms in total. The molecule has 2 aromatic carbocycles. The summed E-state index contributed by atoms with van der Waals surface area (Å²) in [5.41, 5.74) is 2.81. The van der Waals surface area contributed by atoms with E-state index in [0.717, 1.165) is 5.56 Å². The van der Waals surface area contributed by atoms with Gasteiger partial charge in [-0.15, -0.1) is 0 Å². The number of sulfonamides is 1. The van der Waals surface area contributed by atoms with Crippen molar-refractivity contribution in [2.45, 2.75) is 24.3 Å². The van der Waals surface area contributed by atoms with Gasteiger partial charge in [0.2, 0.25) is 10.0 Å². The van der Waals surface area contributed by atoms with Crippen LogP contribution in [-0.4, -0.2) is 19.5 Å². The van der Waals surface area contributed by atoms with E-state index in [2.05, 4.69) is 4.72 Å². The van der Waals surface area contributed by atoms with Crippen LogP contribution in [0.2, 0.25) is 5.02 Å². The van der Waals surface area contributed by atoms with Crippen LogP contribution in [0.15, 0.2) is 47.4 Å². The van der Waals surface area contributed by atoms with Crippen LogP contribution in [0.25, 0.3) is 6.08 Å². The van der Waals surface area contributed by atoms with E-state index in [1.165, 1.54) is 0 Å². The van der Waals surface area contributed by atoms with Crippen LogP contribution in [0, 0.1) is 6.92 Å². The third kappa shape index (κ3) is 3.61. The lowest BCUT2D eigenvalue weighted by molar-refractivity contribution is -0.136. The fraction of sp³-hybridized carbons (Fsp3) is 0.167. The summed E-state index contributed by atoms with van der Waals surface area (Å²) in [6.07, 6.45) is 3.18. The number of carboxylic acid groups (broad SMARTS) is 1. The molecule has 0 aliphatic heterocycles. The molecule has 2 N–H and O–H groups in total. The Morgan fingerprint density at radius 3 is 2.52 bits per heavy atom. The molecule has 130 valence electrons. The maximum atomic E-state index is 12.6. The summed E-state index contributed by atoms with van der Waals surface area (Å²) in [5, 5.41) is 9.41. The molecule has 0 bridgehead atoms. The van der Waals surface area contributed by atoms with Crippen molar-refractivity contribution in [2.75, 3.05) is 0 Å². The van der Waals surface area contributed by atoms with Crippen LogP contribution >= 0.6 is 11.6 Å². The Bertz CT molecular complexity index is 965. The van der Waals surface area contributed by atoms with Gasteiger partial charge in [-0.05, 0) is 41.8 Å². The number of hydrogen-bond acceptors (Lipinski definition) is 3. The second-order valence-corrected chi connectivity index (χ2v) is 7.99. The summed E-state index contributed by atoms with van der Waals surface area (Å²) in [7, 11) is -3.70. The van der Waals surface area contributed by atoms with Crippen LogP contribution in [-0.2, 0) is 21.2 Å². The molecule has 25 heavy (non-hydrogen) atoms. The van der Waals surface area contributed by atoms with Gasteiger partial charge in [0.25, 0.3) is 0 Å². The van der Waals surface area contributed by atoms with Crippen molar-refractivity contribution >= 4 is 33.7 Å². The largest absolute Gasteiger partial charge is 0.481 e. The lowest BCUT2D eigenvalue weighted by Gasteiger charge is -2.16. The maximum absolute atomic E-state index is 12.6. The zero-order valence-corrected chi connectivity index (χ0v) is 14.9. The summed E-state index contributed by atoms with van der Waals surface area (Å²) in [4.78, 5) is 11.2. The SMILES string of the molecule is Cc1ccc(S(=O)(=O)NC2C=Cc3c2ccc(Cl)c3CC(=O)O)cc1. The molecular formula is C18H16ClNO4S. The predicted molar refractivity (Wildman–Crippen MR) is 96.1 cm³/mol. The standard InChI is InChI=1S/C18H16ClNO4S/c1-11-2-4-12(5-3-11)25(23,24)20-17-9-7-13-14(17)6-8-16(19)15(13)10-18(21)22/h2-9,17,20H,10H2,1H3,(H,21,22). The van der Waals surface area contributed by atoms with E-state index in [1.54, 1.807) is 48.6 Å². The maximum Gasteiger partial charge on any atom is 0.307 e. The van der Waals surface area contributed by atoms with Gasteiger partial charge >= 0.3 is 5.97 Å². The first-order valence-electron chi connectivity index (χ1n) is 7.58. The molecular weight excluding hydrogens is 362 g/mol. The zero-order valence-electron chi connectivity index (χ0n) is 13.4. The van der Waals surface area contributed by atoms with Crippen molar-refractivity contribution in [3.8, 4) is 0 Å². The van der Waals surface area contributed by atoms with E-state index in [9.17, 15) is 13.2 Å². The fourth-order valence-corrected chi connectivity index (χ4v) is 4.21. The van der Waals surface area contributed by atoms with Gasteiger partial charge in [-0.2, -0.15) is 4.72 Å². The van der Waals surface area contributed by atoms with Crippen molar-refractivity contribution in [3.63, 3.8) is 0 Å². The van der Waals surface area contributed by atoms with E-state index >= 15 is 0 Å². The Morgan fingerprint density at radius 2 is 1.88 bits per heavy atom. The van der Waals surface area contributed by atoms with Crippen molar-refractivity contribution in [3.05, 3.63) is 69.8 Å². The van der Waals surface area contributed by atoms with E-state index in [0.29, 0.717) is 21.7 Å². The first-order valence-corrected chi connectivity index (χ1v) is 9.44. The first kappa shape index (κ1) is 17.7. The molecule has 1 atom stereocenters. The third-order valence-corrected chi connectivity index (χ3v) is 5.88. The minimum Gasteiger partial charge on any atom is -0.481 e. The quantitative estimate of drug-likeness (QED) is 0.837. The number of nitrogens with one attached hydrogen (secondary N) is 1. The molecule has 0 radical (unpaired) electrons. The molecule has 2 aromatic rings. The molecule has 7 heteroatoms. The second-order valence-electron chi connectivity index (χ2n) is 5.87. The van der Waals surface area contributed by atoms with Gasteiger partial charge in [-0.1, -0.05) is 47.5 Å². The highest BCUT2D eigenvalue weighted by atomic mass is 35.5. The van der Waals surface area contributed by atoms with Gasteiger partial charge < -0.3 is 5.11 Å². The van der Waals surface area contributed by atoms with Crippen molar-refractivity contribution < 1.29 is 18.3 Å². The van der Waals surface area contributed by atoms with E-state index < -0.39 is 22.0 Å². The monoisotopic (exact) mass is 377 g/mol. The molecule has 1 aliphatic rings. The summed E-state index contributed by atoms with van der Waals surface area (Å²) < 4.78 is 27.8. The molecule has 0 saturated carbocycles. The fourth-order valence-electron chi connectivity index (χ4n) is 2.81. The summed E-state index contributed by atoms with van der Waals surface area (Å²) in [5.74, 6) is -0.993. The Kier molecular flexibility index (Phi) is 4.69. The Labute approximate surface area is 151 Å². The van der Waals surface area contributed by atoms with Crippen LogP contribution in [0.1, 0.15) is 28.3 Å². The average Bonchev–Trinajstić information content (AvgIpc) is 2.93. The van der Waals surface area contributed by atoms with Crippen LogP contribution in [0.3, 0.4) is 0 Å². The second kappa shape index (κ2) is 6.63. The Balaban J connectivity index is 1.92. The highest BCUT2D eigenvalue weighted by Gasteiger charge is 2.26. The molecule has 1 unspecified atom stereocenters. The van der Waals surface area contributed by atoms with Gasteiger partial charge in [-0.25, -0.2) is 8.42 Å². The highest BCUT2D eigenvalue weighted by Crippen LogP contribution is 2.35. The summed E-state index contributed by atoms with van der Waals surface area (Å²) in [6, 6.07) is 9.31. The number of carboxylic acids is 1. The predicted octanol–water partition coefficient (Wildman–Crippen LogP) is 3.32. The summed E-state index contributed by atoms with van der Waals surface area (Å²) in [6.45, 7) is 1.88. The average molecular weight is 378 g/mol. The lowest BCUT2D eigenvalue weighted by atomic mass is 9.99. The minimum atomic E-state index is -3.70. The van der Waals surface area contributed by atoms with Crippen molar-refractivity contribution in [1.29, 1.82) is 0 Å². The number of rotatable bonds is 5. The third-order valence-electron chi connectivity index (χ3n) is 4.07. The van der Waals surface area contributed by atoms with Crippen LogP contribution < -0.4 is 4.72 Å². The van der Waals surface area contributed by atoms with Crippen molar-refractivity contribution in [2.24, 2.45) is 0 Å². The minimum absolute atomic E-state index is 0.180. The van der Waals surface area contributed by atoms with Crippen LogP contribution in [0.5, 0.6) is 0 Å². The van der Waals surface area contributed by atoms with Crippen molar-refractivity contribution in [1.82, 2.24) is 4.72 Å². The van der Waals surface area contributed by atoms with E-state index in [1.807, 2.05) is 6.92 Å². The molecule has 3 rings (SSSR count). The molecule has 0 spiro atoms. The normalized spacial score (nSPS) is 16.0. The number of halogens is 1. The van der Waals surface area contributed by atoms with Gasteiger partial charge in [0.1, 0.15) is 0 Å². The van der Waals surface area contributed by atoms with Gasteiger partial charge in [0, 0.05) is 5.02 Å². The molecule has 0 fully saturated rings. The number of aliphatic carboxylic acids is 1. The Morgan fingerprint density at radius 1 is 1.20 bits per heavy atom. The number of benzene rings is 2. The zero-order chi connectivity index (χ0) is 18.2. The summed E-state index contributed by atoms with van der Waals surface area (Å²) >= 11 is 6.11. The van der Waals surface area contributed by atoms with Gasteiger partial charge in [0.15, 0.2) is 0 Å². The van der Waals surface area contributed by atoms with Gasteiger partial charge in [0.05, 0.1) is 17.4 Å². The number of fused-ring (bicyclic) bond motifs is 1. The number of carbonyl (C=O) groups is 1. The molecule has 0 heterocycles. The molecule has 0 amide bonds. The smallest absolute Gasteiger partial charge is 0.307 e. The topological polar surface area (TPSA) is 83.5 Å².